The number of alkyl carbamates (subject to hydrolysis) is 1. The van der Waals surface area contributed by atoms with Gasteiger partial charge in [-0.15, -0.1) is 0 Å². The molecule has 1 aliphatic carbocycles. The molecule has 1 saturated carbocycles. The van der Waals surface area contributed by atoms with E-state index in [4.69, 9.17) is 4.74 Å². The topological polar surface area (TPSA) is 103 Å². The molecule has 0 aliphatic heterocycles. The van der Waals surface area contributed by atoms with Crippen LogP contribution < -0.4 is 10.6 Å². The van der Waals surface area contributed by atoms with E-state index in [9.17, 15) is 14.7 Å². The number of rotatable bonds is 8. The highest BCUT2D eigenvalue weighted by Gasteiger charge is 2.26. The third kappa shape index (κ3) is 7.22. The number of carbonyl (C=O) groups excluding carboxylic acids is 2. The minimum absolute atomic E-state index is 0.0481. The van der Waals surface area contributed by atoms with Crippen LogP contribution in [0.15, 0.2) is 24.3 Å². The van der Waals surface area contributed by atoms with Gasteiger partial charge in [-0.2, -0.15) is 0 Å². The summed E-state index contributed by atoms with van der Waals surface area (Å²) in [5.74, 6) is 0.362. The van der Waals surface area contributed by atoms with Crippen LogP contribution in [-0.4, -0.2) is 46.9 Å². The monoisotopic (exact) mass is 457 g/mol. The van der Waals surface area contributed by atoms with Crippen molar-refractivity contribution in [3.05, 3.63) is 35.5 Å². The smallest absolute Gasteiger partial charge is 0.407 e. The zero-order valence-electron chi connectivity index (χ0n) is 20.4. The molecule has 0 spiro atoms. The van der Waals surface area contributed by atoms with Gasteiger partial charge in [0.15, 0.2) is 0 Å². The quantitative estimate of drug-likeness (QED) is 0.455. The number of ether oxygens (including phenoxy) is 1. The van der Waals surface area contributed by atoms with Gasteiger partial charge in [-0.05, 0) is 63.5 Å². The highest BCUT2D eigenvalue weighted by atomic mass is 16.6. The van der Waals surface area contributed by atoms with Gasteiger partial charge in [-0.25, -0.2) is 4.79 Å². The first-order chi connectivity index (χ1) is 15.6. The number of nitrogens with one attached hydrogen (secondary N) is 3. The molecular formula is C26H39N3O4. The van der Waals surface area contributed by atoms with Gasteiger partial charge in [-0.3, -0.25) is 4.79 Å². The Bertz CT molecular complexity index is 941. The lowest BCUT2D eigenvalue weighted by Gasteiger charge is -2.23. The van der Waals surface area contributed by atoms with Gasteiger partial charge in [-0.1, -0.05) is 44.4 Å². The number of carbonyl (C=O) groups is 2. The minimum atomic E-state index is -0.713. The SMILES string of the molecule is C[C@H](CNC(=O)c1[nH]c2ccccc2c1C1CCCCC1)CC(O)CNC(=O)OC(C)(C)C. The van der Waals surface area contributed by atoms with Gasteiger partial charge in [0.25, 0.3) is 5.91 Å². The number of para-hydroxylation sites is 1. The molecule has 2 aromatic rings. The van der Waals surface area contributed by atoms with Crippen LogP contribution in [0.3, 0.4) is 0 Å². The Morgan fingerprint density at radius 3 is 2.52 bits per heavy atom. The summed E-state index contributed by atoms with van der Waals surface area (Å²) in [6.07, 6.45) is 5.12. The van der Waals surface area contributed by atoms with Crippen LogP contribution in [0.2, 0.25) is 0 Å². The summed E-state index contributed by atoms with van der Waals surface area (Å²) in [7, 11) is 0. The average Bonchev–Trinajstić information content (AvgIpc) is 3.15. The fourth-order valence-electron chi connectivity index (χ4n) is 4.66. The van der Waals surface area contributed by atoms with Crippen LogP contribution in [-0.2, 0) is 4.74 Å². The van der Waals surface area contributed by atoms with Crippen molar-refractivity contribution in [2.24, 2.45) is 5.92 Å². The Morgan fingerprint density at radius 1 is 1.12 bits per heavy atom. The van der Waals surface area contributed by atoms with Gasteiger partial charge in [0.2, 0.25) is 0 Å². The van der Waals surface area contributed by atoms with Crippen LogP contribution in [0.5, 0.6) is 0 Å². The average molecular weight is 458 g/mol. The van der Waals surface area contributed by atoms with E-state index in [1.165, 1.54) is 19.3 Å². The van der Waals surface area contributed by atoms with Crippen molar-refractivity contribution in [3.63, 3.8) is 0 Å². The zero-order valence-corrected chi connectivity index (χ0v) is 20.4. The van der Waals surface area contributed by atoms with E-state index < -0.39 is 17.8 Å². The number of aromatic nitrogens is 1. The van der Waals surface area contributed by atoms with Crippen LogP contribution in [0.25, 0.3) is 10.9 Å². The molecule has 1 unspecified atom stereocenters. The Balaban J connectivity index is 1.55. The molecule has 33 heavy (non-hydrogen) atoms. The molecule has 1 aromatic heterocycles. The van der Waals surface area contributed by atoms with Crippen LogP contribution in [0.1, 0.15) is 88.2 Å². The second kappa shape index (κ2) is 11.1. The number of aliphatic hydroxyl groups is 1. The summed E-state index contributed by atoms with van der Waals surface area (Å²) in [4.78, 5) is 28.2. The standard InChI is InChI=1S/C26H39N3O4/c1-17(14-19(30)16-28-25(32)33-26(2,3)4)15-27-24(31)23-22(18-10-6-5-7-11-18)20-12-8-9-13-21(20)29-23/h8-9,12-13,17-19,29-30H,5-7,10-11,14-16H2,1-4H3,(H,27,31)(H,28,32)/t17-,19?/m0/s1. The second-order valence-electron chi connectivity index (χ2n) is 10.4. The Hall–Kier alpha value is -2.54. The number of H-pyrrole nitrogens is 1. The summed E-state index contributed by atoms with van der Waals surface area (Å²) in [6, 6.07) is 8.14. The van der Waals surface area contributed by atoms with Crippen molar-refractivity contribution >= 4 is 22.9 Å². The normalized spacial score (nSPS) is 16.9. The molecule has 0 bridgehead atoms. The predicted octanol–water partition coefficient (Wildman–Crippen LogP) is 4.86. The number of hydrogen-bond donors (Lipinski definition) is 4. The van der Waals surface area contributed by atoms with E-state index in [2.05, 4.69) is 21.7 Å². The summed E-state index contributed by atoms with van der Waals surface area (Å²) in [6.45, 7) is 7.91. The molecule has 1 aromatic carbocycles. The number of benzene rings is 1. The number of aromatic amines is 1. The van der Waals surface area contributed by atoms with Crippen LogP contribution >= 0.6 is 0 Å². The second-order valence-corrected chi connectivity index (χ2v) is 10.4. The van der Waals surface area contributed by atoms with Gasteiger partial charge in [0, 0.05) is 24.0 Å². The Kier molecular flexibility index (Phi) is 8.40. The van der Waals surface area contributed by atoms with Crippen molar-refractivity contribution in [2.45, 2.75) is 83.8 Å². The fourth-order valence-corrected chi connectivity index (χ4v) is 4.66. The molecule has 2 atom stereocenters. The molecule has 4 N–H and O–H groups in total. The first-order valence-corrected chi connectivity index (χ1v) is 12.2. The first kappa shape index (κ1) is 25.1. The third-order valence-electron chi connectivity index (χ3n) is 6.15. The van der Waals surface area contributed by atoms with Crippen molar-refractivity contribution < 1.29 is 19.4 Å². The van der Waals surface area contributed by atoms with Crippen molar-refractivity contribution in [2.75, 3.05) is 13.1 Å². The van der Waals surface area contributed by atoms with E-state index in [0.717, 1.165) is 29.3 Å². The fraction of sp³-hybridized carbons (Fsp3) is 0.615. The van der Waals surface area contributed by atoms with Crippen molar-refractivity contribution in [3.8, 4) is 0 Å². The molecule has 0 radical (unpaired) electrons. The van der Waals surface area contributed by atoms with Crippen LogP contribution in [0.4, 0.5) is 4.79 Å². The highest BCUT2D eigenvalue weighted by Crippen LogP contribution is 2.38. The van der Waals surface area contributed by atoms with Crippen molar-refractivity contribution in [1.82, 2.24) is 15.6 Å². The molecule has 0 saturated heterocycles. The lowest BCUT2D eigenvalue weighted by Crippen LogP contribution is -2.38. The maximum atomic E-state index is 13.1. The summed E-state index contributed by atoms with van der Waals surface area (Å²) < 4.78 is 5.19. The van der Waals surface area contributed by atoms with E-state index in [1.54, 1.807) is 20.8 Å². The molecule has 3 rings (SSSR count). The maximum absolute atomic E-state index is 13.1. The van der Waals surface area contributed by atoms with E-state index >= 15 is 0 Å². The summed E-state index contributed by atoms with van der Waals surface area (Å²) >= 11 is 0. The van der Waals surface area contributed by atoms with Gasteiger partial charge >= 0.3 is 6.09 Å². The van der Waals surface area contributed by atoms with Gasteiger partial charge in [0.1, 0.15) is 11.3 Å². The Morgan fingerprint density at radius 2 is 1.82 bits per heavy atom. The molecule has 7 heteroatoms. The molecule has 1 heterocycles. The molecule has 1 aliphatic rings. The molecular weight excluding hydrogens is 418 g/mol. The summed E-state index contributed by atoms with van der Waals surface area (Å²) in [5.41, 5.74) is 2.24. The largest absolute Gasteiger partial charge is 0.444 e. The van der Waals surface area contributed by atoms with E-state index in [0.29, 0.717) is 24.6 Å². The van der Waals surface area contributed by atoms with Gasteiger partial charge in [0.05, 0.1) is 6.10 Å². The zero-order chi connectivity index (χ0) is 24.0. The van der Waals surface area contributed by atoms with Gasteiger partial charge < -0.3 is 25.5 Å². The van der Waals surface area contributed by atoms with Crippen LogP contribution in [0, 0.1) is 5.92 Å². The van der Waals surface area contributed by atoms with E-state index in [-0.39, 0.29) is 18.4 Å². The molecule has 182 valence electrons. The highest BCUT2D eigenvalue weighted by molar-refractivity contribution is 6.01. The molecule has 7 nitrogen and oxygen atoms in total. The van der Waals surface area contributed by atoms with Crippen molar-refractivity contribution in [1.29, 1.82) is 0 Å². The number of hydrogen-bond acceptors (Lipinski definition) is 4. The van der Waals surface area contributed by atoms with E-state index in [1.807, 2.05) is 25.1 Å². The predicted molar refractivity (Wildman–Crippen MR) is 130 cm³/mol. The molecule has 2 amide bonds. The maximum Gasteiger partial charge on any atom is 0.407 e. The number of fused-ring (bicyclic) bond motifs is 1. The minimum Gasteiger partial charge on any atom is -0.444 e. The Labute approximate surface area is 196 Å². The number of amides is 2. The lowest BCUT2D eigenvalue weighted by molar-refractivity contribution is 0.0481. The molecule has 1 fully saturated rings. The lowest BCUT2D eigenvalue weighted by atomic mass is 9.82. The summed E-state index contributed by atoms with van der Waals surface area (Å²) in [5, 5.41) is 17.1. The number of aliphatic hydroxyl groups excluding tert-OH is 1. The first-order valence-electron chi connectivity index (χ1n) is 12.2. The third-order valence-corrected chi connectivity index (χ3v) is 6.15.